The van der Waals surface area contributed by atoms with Gasteiger partial charge in [0, 0.05) is 29.6 Å². The van der Waals surface area contributed by atoms with Crippen molar-refractivity contribution in [3.63, 3.8) is 0 Å². The van der Waals surface area contributed by atoms with Gasteiger partial charge in [-0.1, -0.05) is 0 Å². The predicted octanol–water partition coefficient (Wildman–Crippen LogP) is 2.02. The first-order valence-electron chi connectivity index (χ1n) is 7.97. The molecule has 1 fully saturated rings. The Hall–Kier alpha value is -2.02. The lowest BCUT2D eigenvalue weighted by Crippen LogP contribution is -2.41. The van der Waals surface area contributed by atoms with Crippen molar-refractivity contribution >= 4 is 26.7 Å². The molecule has 0 spiro atoms. The number of methoxy groups -OCH3 is 1. The van der Waals surface area contributed by atoms with Crippen LogP contribution < -0.4 is 4.74 Å². The predicted molar refractivity (Wildman–Crippen MR) is 90.9 cm³/mol. The highest BCUT2D eigenvalue weighted by molar-refractivity contribution is 7.91. The van der Waals surface area contributed by atoms with Crippen LogP contribution in [0.3, 0.4) is 0 Å². The number of ether oxygens (including phenoxy) is 1. The summed E-state index contributed by atoms with van der Waals surface area (Å²) >= 11 is 0. The van der Waals surface area contributed by atoms with Gasteiger partial charge in [0.05, 0.1) is 31.3 Å². The maximum absolute atomic E-state index is 12.7. The zero-order chi connectivity index (χ0) is 17.3. The summed E-state index contributed by atoms with van der Waals surface area (Å²) in [7, 11) is -1.43. The number of benzene rings is 1. The van der Waals surface area contributed by atoms with Crippen molar-refractivity contribution in [2.45, 2.75) is 25.8 Å². The highest BCUT2D eigenvalue weighted by atomic mass is 32.2. The minimum Gasteiger partial charge on any atom is -0.497 e. The summed E-state index contributed by atoms with van der Waals surface area (Å²) in [5, 5.41) is 0.874. The molecule has 1 aromatic carbocycles. The van der Waals surface area contributed by atoms with E-state index in [-0.39, 0.29) is 29.9 Å². The number of likely N-dealkylation sites (N-methyl/N-ethyl adjacent to an activating group) is 1. The zero-order valence-electron chi connectivity index (χ0n) is 13.8. The smallest absolute Gasteiger partial charge is 0.227 e. The summed E-state index contributed by atoms with van der Waals surface area (Å²) in [4.78, 5) is 14.3. The van der Waals surface area contributed by atoms with Gasteiger partial charge >= 0.3 is 0 Å². The first-order valence-corrected chi connectivity index (χ1v) is 9.79. The molecule has 0 unspecified atom stereocenters. The minimum atomic E-state index is -3.01. The number of carbonyl (C=O) groups excluding carboxylic acids is 1. The standard InChI is InChI=1S/C17H21NO5S/c1-3-18(13-6-7-24(20,21)11-13)17(19)8-12-10-23-16-9-14(22-2)4-5-15(12)16/h4-5,9-10,13H,3,6-8,11H2,1-2H3/t13-/m0/s1. The number of furan rings is 1. The lowest BCUT2D eigenvalue weighted by molar-refractivity contribution is -0.132. The molecule has 2 heterocycles. The monoisotopic (exact) mass is 351 g/mol. The van der Waals surface area contributed by atoms with Crippen LogP contribution in [-0.2, 0) is 21.1 Å². The first kappa shape index (κ1) is 16.8. The van der Waals surface area contributed by atoms with E-state index in [2.05, 4.69) is 0 Å². The number of hydrogen-bond acceptors (Lipinski definition) is 5. The average molecular weight is 351 g/mol. The van der Waals surface area contributed by atoms with Crippen LogP contribution in [-0.4, -0.2) is 50.4 Å². The second kappa shape index (κ2) is 6.47. The van der Waals surface area contributed by atoms with Gasteiger partial charge in [-0.25, -0.2) is 8.42 Å². The fourth-order valence-electron chi connectivity index (χ4n) is 3.25. The lowest BCUT2D eigenvalue weighted by atomic mass is 10.1. The number of fused-ring (bicyclic) bond motifs is 1. The molecule has 0 saturated carbocycles. The molecule has 2 aromatic rings. The zero-order valence-corrected chi connectivity index (χ0v) is 14.6. The SMILES string of the molecule is CCN(C(=O)Cc1coc2cc(OC)ccc12)[C@H]1CCS(=O)(=O)C1. The summed E-state index contributed by atoms with van der Waals surface area (Å²) in [5.41, 5.74) is 1.47. The molecular weight excluding hydrogens is 330 g/mol. The molecule has 0 aliphatic carbocycles. The molecule has 24 heavy (non-hydrogen) atoms. The van der Waals surface area contributed by atoms with Crippen molar-refractivity contribution in [2.75, 3.05) is 25.2 Å². The topological polar surface area (TPSA) is 76.8 Å². The number of sulfone groups is 1. The van der Waals surface area contributed by atoms with Crippen LogP contribution in [0.4, 0.5) is 0 Å². The van der Waals surface area contributed by atoms with Gasteiger partial charge in [0.1, 0.15) is 11.3 Å². The molecule has 0 bridgehead atoms. The van der Waals surface area contributed by atoms with E-state index in [1.807, 2.05) is 19.1 Å². The third-order valence-corrected chi connectivity index (χ3v) is 6.27. The van der Waals surface area contributed by atoms with E-state index in [0.717, 1.165) is 10.9 Å². The van der Waals surface area contributed by atoms with E-state index in [4.69, 9.17) is 9.15 Å². The van der Waals surface area contributed by atoms with Gasteiger partial charge < -0.3 is 14.1 Å². The maximum Gasteiger partial charge on any atom is 0.227 e. The Labute approximate surface area is 141 Å². The fraction of sp³-hybridized carbons (Fsp3) is 0.471. The van der Waals surface area contributed by atoms with Crippen LogP contribution in [0.5, 0.6) is 5.75 Å². The van der Waals surface area contributed by atoms with Crippen LogP contribution in [0.15, 0.2) is 28.9 Å². The van der Waals surface area contributed by atoms with E-state index in [1.165, 1.54) is 0 Å². The molecule has 1 aliphatic rings. The van der Waals surface area contributed by atoms with Crippen molar-refractivity contribution in [1.82, 2.24) is 4.90 Å². The summed E-state index contributed by atoms with van der Waals surface area (Å²) < 4.78 is 34.0. The van der Waals surface area contributed by atoms with Gasteiger partial charge in [-0.15, -0.1) is 0 Å². The van der Waals surface area contributed by atoms with Gasteiger partial charge in [0.2, 0.25) is 5.91 Å². The van der Waals surface area contributed by atoms with Crippen molar-refractivity contribution in [3.8, 4) is 5.75 Å². The van der Waals surface area contributed by atoms with Crippen molar-refractivity contribution < 1.29 is 22.4 Å². The highest BCUT2D eigenvalue weighted by Gasteiger charge is 2.34. The lowest BCUT2D eigenvalue weighted by Gasteiger charge is -2.26. The number of amides is 1. The van der Waals surface area contributed by atoms with E-state index < -0.39 is 9.84 Å². The van der Waals surface area contributed by atoms with Gasteiger partial charge in [-0.3, -0.25) is 4.79 Å². The number of carbonyl (C=O) groups is 1. The Balaban J connectivity index is 1.78. The average Bonchev–Trinajstić information content (AvgIpc) is 3.11. The van der Waals surface area contributed by atoms with E-state index >= 15 is 0 Å². The van der Waals surface area contributed by atoms with Gasteiger partial charge in [-0.05, 0) is 25.5 Å². The molecule has 6 nitrogen and oxygen atoms in total. The van der Waals surface area contributed by atoms with E-state index in [0.29, 0.717) is 24.3 Å². The second-order valence-electron chi connectivity index (χ2n) is 6.04. The van der Waals surface area contributed by atoms with Gasteiger partial charge in [-0.2, -0.15) is 0 Å². The highest BCUT2D eigenvalue weighted by Crippen LogP contribution is 2.27. The van der Waals surface area contributed by atoms with Crippen LogP contribution in [0.1, 0.15) is 18.9 Å². The molecular formula is C17H21NO5S. The molecule has 0 N–H and O–H groups in total. The molecule has 3 rings (SSSR count). The van der Waals surface area contributed by atoms with Crippen molar-refractivity contribution in [2.24, 2.45) is 0 Å². The summed E-state index contributed by atoms with van der Waals surface area (Å²) in [6.45, 7) is 2.38. The van der Waals surface area contributed by atoms with Crippen molar-refractivity contribution in [1.29, 1.82) is 0 Å². The summed E-state index contributed by atoms with van der Waals surface area (Å²) in [6, 6.07) is 5.26. The third-order valence-electron chi connectivity index (χ3n) is 4.51. The molecule has 1 saturated heterocycles. The van der Waals surface area contributed by atoms with Crippen LogP contribution in [0.25, 0.3) is 11.0 Å². The quantitative estimate of drug-likeness (QED) is 0.824. The molecule has 1 atom stereocenters. The number of rotatable bonds is 5. The molecule has 130 valence electrons. The van der Waals surface area contributed by atoms with E-state index in [1.54, 1.807) is 24.3 Å². The molecule has 1 aliphatic heterocycles. The Morgan fingerprint density at radius 3 is 2.83 bits per heavy atom. The Kier molecular flexibility index (Phi) is 4.54. The van der Waals surface area contributed by atoms with Gasteiger partial charge in [0.15, 0.2) is 9.84 Å². The Morgan fingerprint density at radius 2 is 2.21 bits per heavy atom. The summed E-state index contributed by atoms with van der Waals surface area (Å²) in [5.74, 6) is 0.852. The van der Waals surface area contributed by atoms with Crippen LogP contribution in [0, 0.1) is 0 Å². The number of nitrogens with zero attached hydrogens (tertiary/aromatic N) is 1. The third kappa shape index (κ3) is 3.26. The number of hydrogen-bond donors (Lipinski definition) is 0. The minimum absolute atomic E-state index is 0.0654. The van der Waals surface area contributed by atoms with Crippen molar-refractivity contribution in [3.05, 3.63) is 30.0 Å². The summed E-state index contributed by atoms with van der Waals surface area (Å²) in [6.07, 6.45) is 2.30. The van der Waals surface area contributed by atoms with Crippen LogP contribution >= 0.6 is 0 Å². The molecule has 7 heteroatoms. The first-order chi connectivity index (χ1) is 11.4. The normalized spacial score (nSPS) is 19.5. The Bertz CT molecular complexity index is 855. The molecule has 1 amide bonds. The maximum atomic E-state index is 12.7. The second-order valence-corrected chi connectivity index (χ2v) is 8.27. The largest absolute Gasteiger partial charge is 0.497 e. The molecule has 1 aromatic heterocycles. The van der Waals surface area contributed by atoms with Gasteiger partial charge in [0.25, 0.3) is 0 Å². The van der Waals surface area contributed by atoms with E-state index in [9.17, 15) is 13.2 Å². The molecule has 0 radical (unpaired) electrons. The Morgan fingerprint density at radius 1 is 1.42 bits per heavy atom. The fourth-order valence-corrected chi connectivity index (χ4v) is 4.98. The van der Waals surface area contributed by atoms with Crippen LogP contribution in [0.2, 0.25) is 0 Å².